The van der Waals surface area contributed by atoms with Gasteiger partial charge in [-0.25, -0.2) is 0 Å². The summed E-state index contributed by atoms with van der Waals surface area (Å²) in [5, 5.41) is 58.9. The van der Waals surface area contributed by atoms with Gasteiger partial charge in [0.15, 0.2) is 17.2 Å². The molecule has 0 aromatic heterocycles. The maximum absolute atomic E-state index is 14.3. The van der Waals surface area contributed by atoms with Gasteiger partial charge >= 0.3 is 0 Å². The zero-order valence-corrected chi connectivity index (χ0v) is 24.3. The number of allylic oxidation sites excluding steroid dienone is 1. The van der Waals surface area contributed by atoms with Crippen molar-refractivity contribution in [2.24, 2.45) is 22.7 Å². The zero-order valence-electron chi connectivity index (χ0n) is 24.3. The molecule has 3 aliphatic rings. The third kappa shape index (κ3) is 3.16. The Morgan fingerprint density at radius 3 is 2.08 bits per heavy atom. The van der Waals surface area contributed by atoms with Gasteiger partial charge in [0.25, 0.3) is 0 Å². The molecule has 0 fully saturated rings. The van der Waals surface area contributed by atoms with Crippen molar-refractivity contribution < 1.29 is 39.9 Å². The Bertz CT molecular complexity index is 1410. The first-order chi connectivity index (χ1) is 17.6. The van der Waals surface area contributed by atoms with Crippen LogP contribution in [0.15, 0.2) is 28.7 Å². The largest absolute Gasteiger partial charge is 0.511 e. The monoisotopic (exact) mass is 540 g/mol. The van der Waals surface area contributed by atoms with Crippen molar-refractivity contribution in [2.75, 3.05) is 0 Å². The van der Waals surface area contributed by atoms with E-state index < -0.39 is 80.1 Å². The van der Waals surface area contributed by atoms with E-state index in [-0.39, 0.29) is 16.9 Å². The summed E-state index contributed by atoms with van der Waals surface area (Å²) >= 11 is 0. The van der Waals surface area contributed by atoms with Gasteiger partial charge in [-0.1, -0.05) is 61.5 Å². The van der Waals surface area contributed by atoms with Crippen molar-refractivity contribution in [3.63, 3.8) is 0 Å². The number of aryl methyl sites for hydroxylation is 1. The van der Waals surface area contributed by atoms with E-state index in [1.807, 2.05) is 33.8 Å². The number of phenolic OH excluding ortho intramolecular Hbond substituents is 1. The van der Waals surface area contributed by atoms with Crippen molar-refractivity contribution >= 4 is 17.3 Å². The first-order valence-electron chi connectivity index (χ1n) is 13.4. The Labute approximate surface area is 229 Å². The van der Waals surface area contributed by atoms with Gasteiger partial charge in [0, 0.05) is 22.3 Å². The maximum atomic E-state index is 14.3. The molecule has 8 nitrogen and oxygen atoms in total. The molecule has 0 saturated heterocycles. The second kappa shape index (κ2) is 8.27. The number of aliphatic hydroxyl groups excluding tert-OH is 3. The standard InChI is InChI=1S/C31H40O8/c1-12(2)20-23(34)18(15(5)32)25(36)31(39)26(37)21-24(35)19-17(13(3)11-16(22(19)33)28(6,7)8)14(4)29(21,9)27(38)30(20,31)10/h11-12,14,20,27,33-34,37-39H,1-10H3/t14-,20?,27-,29+,30+,31+/m1/s1. The van der Waals surface area contributed by atoms with Crippen LogP contribution in [0.25, 0.3) is 0 Å². The molecular formula is C31H40O8. The topological polar surface area (TPSA) is 152 Å². The van der Waals surface area contributed by atoms with Crippen LogP contribution in [-0.2, 0) is 15.0 Å². The van der Waals surface area contributed by atoms with E-state index in [4.69, 9.17) is 0 Å². The number of carbonyl (C=O) groups excluding carboxylic acids is 3. The van der Waals surface area contributed by atoms with Crippen molar-refractivity contribution in [2.45, 2.75) is 92.3 Å². The molecule has 0 heterocycles. The van der Waals surface area contributed by atoms with Gasteiger partial charge in [-0.05, 0) is 42.2 Å². The van der Waals surface area contributed by atoms with Crippen LogP contribution < -0.4 is 0 Å². The fourth-order valence-electron chi connectivity index (χ4n) is 7.89. The zero-order chi connectivity index (χ0) is 29.9. The van der Waals surface area contributed by atoms with Crippen LogP contribution in [0.3, 0.4) is 0 Å². The number of benzene rings is 1. The van der Waals surface area contributed by atoms with Crippen LogP contribution in [0, 0.1) is 29.6 Å². The average molecular weight is 541 g/mol. The first-order valence-corrected chi connectivity index (χ1v) is 13.4. The van der Waals surface area contributed by atoms with Gasteiger partial charge in [0.1, 0.15) is 22.8 Å². The lowest BCUT2D eigenvalue weighted by molar-refractivity contribution is -0.211. The van der Waals surface area contributed by atoms with Crippen LogP contribution in [0.2, 0.25) is 0 Å². The summed E-state index contributed by atoms with van der Waals surface area (Å²) in [7, 11) is 0. The Hall–Kier alpha value is -2.97. The first kappa shape index (κ1) is 29.0. The van der Waals surface area contributed by atoms with Gasteiger partial charge in [-0.15, -0.1) is 0 Å². The van der Waals surface area contributed by atoms with Crippen LogP contribution in [-0.4, -0.2) is 54.6 Å². The van der Waals surface area contributed by atoms with Gasteiger partial charge in [-0.2, -0.15) is 0 Å². The van der Waals surface area contributed by atoms with Gasteiger partial charge in [0.2, 0.25) is 5.78 Å². The van der Waals surface area contributed by atoms with Gasteiger partial charge in [0.05, 0.1) is 17.2 Å². The van der Waals surface area contributed by atoms with Crippen LogP contribution in [0.5, 0.6) is 5.75 Å². The molecule has 212 valence electrons. The number of hydrogen-bond donors (Lipinski definition) is 5. The molecule has 6 atom stereocenters. The highest BCUT2D eigenvalue weighted by Gasteiger charge is 2.76. The normalized spacial score (nSPS) is 34.7. The second-order valence-electron chi connectivity index (χ2n) is 13.4. The van der Waals surface area contributed by atoms with Crippen molar-refractivity contribution in [3.8, 4) is 5.75 Å². The Balaban J connectivity index is 2.19. The summed E-state index contributed by atoms with van der Waals surface area (Å²) in [5.74, 6) is -6.91. The molecule has 1 aromatic carbocycles. The summed E-state index contributed by atoms with van der Waals surface area (Å²) in [4.78, 5) is 40.6. The third-order valence-electron chi connectivity index (χ3n) is 9.95. The molecule has 5 N–H and O–H groups in total. The van der Waals surface area contributed by atoms with Crippen LogP contribution >= 0.6 is 0 Å². The van der Waals surface area contributed by atoms with E-state index in [1.165, 1.54) is 6.92 Å². The molecule has 0 spiro atoms. The van der Waals surface area contributed by atoms with E-state index >= 15 is 0 Å². The minimum atomic E-state index is -2.89. The minimum Gasteiger partial charge on any atom is -0.511 e. The number of fused-ring (bicyclic) bond motifs is 3. The summed E-state index contributed by atoms with van der Waals surface area (Å²) in [6.45, 7) is 16.7. The highest BCUT2D eigenvalue weighted by atomic mass is 16.4. The van der Waals surface area contributed by atoms with Crippen molar-refractivity contribution in [1.82, 2.24) is 0 Å². The Morgan fingerprint density at radius 2 is 1.62 bits per heavy atom. The van der Waals surface area contributed by atoms with Crippen LogP contribution in [0.4, 0.5) is 0 Å². The van der Waals surface area contributed by atoms with Gasteiger partial charge in [-0.3, -0.25) is 14.4 Å². The molecule has 4 rings (SSSR count). The van der Waals surface area contributed by atoms with Crippen molar-refractivity contribution in [1.29, 1.82) is 0 Å². The molecular weight excluding hydrogens is 500 g/mol. The summed E-state index contributed by atoms with van der Waals surface area (Å²) < 4.78 is 0. The molecule has 1 unspecified atom stereocenters. The fourth-order valence-corrected chi connectivity index (χ4v) is 7.89. The van der Waals surface area contributed by atoms with E-state index in [9.17, 15) is 39.9 Å². The highest BCUT2D eigenvalue weighted by Crippen LogP contribution is 2.68. The number of Topliss-reactive ketones (excluding diaryl/α,β-unsaturated/α-hetero) is 3. The number of phenols is 1. The highest BCUT2D eigenvalue weighted by molar-refractivity contribution is 6.25. The molecule has 0 amide bonds. The molecule has 3 aliphatic carbocycles. The Kier molecular flexibility index (Phi) is 6.16. The summed E-state index contributed by atoms with van der Waals surface area (Å²) in [5.41, 5.74) is -6.22. The van der Waals surface area contributed by atoms with Crippen LogP contribution in [0.1, 0.15) is 95.3 Å². The molecule has 39 heavy (non-hydrogen) atoms. The predicted molar refractivity (Wildman–Crippen MR) is 145 cm³/mol. The van der Waals surface area contributed by atoms with E-state index in [0.717, 1.165) is 6.92 Å². The fraction of sp³-hybridized carbons (Fsp3) is 0.581. The maximum Gasteiger partial charge on any atom is 0.209 e. The molecule has 1 aromatic rings. The lowest BCUT2D eigenvalue weighted by Gasteiger charge is -2.63. The van der Waals surface area contributed by atoms with Crippen molar-refractivity contribution in [3.05, 3.63) is 51.0 Å². The second-order valence-corrected chi connectivity index (χ2v) is 13.4. The molecule has 0 bridgehead atoms. The number of aromatic hydroxyl groups is 1. The smallest absolute Gasteiger partial charge is 0.209 e. The number of hydrogen-bond acceptors (Lipinski definition) is 8. The number of rotatable bonds is 2. The lowest BCUT2D eigenvalue weighted by Crippen LogP contribution is -2.73. The average Bonchev–Trinajstić information content (AvgIpc) is 2.79. The minimum absolute atomic E-state index is 0.0419. The van der Waals surface area contributed by atoms with Gasteiger partial charge < -0.3 is 25.5 Å². The number of aliphatic hydroxyl groups is 4. The molecule has 0 radical (unpaired) electrons. The SMILES string of the molecule is CC(=O)C1=C(O)C(C(C)C)[C@@]2(C)[C@H](O)[C@]3(C)C(=C(O)[C@@]2(O)C1=O)C(=O)c1c(O)c(C(C)(C)C)cc(C)c1[C@H]3C. The molecule has 8 heteroatoms. The van der Waals surface area contributed by atoms with E-state index in [1.54, 1.807) is 27.7 Å². The lowest BCUT2D eigenvalue weighted by atomic mass is 9.41. The number of carbonyl (C=O) groups is 3. The number of ketones is 3. The summed E-state index contributed by atoms with van der Waals surface area (Å²) in [6, 6.07) is 1.82. The quantitative estimate of drug-likeness (QED) is 0.344. The predicted octanol–water partition coefficient (Wildman–Crippen LogP) is 4.48. The third-order valence-corrected chi connectivity index (χ3v) is 9.95. The Morgan fingerprint density at radius 1 is 1.08 bits per heavy atom. The van der Waals surface area contributed by atoms with E-state index in [0.29, 0.717) is 16.7 Å². The van der Waals surface area contributed by atoms with E-state index in [2.05, 4.69) is 0 Å². The molecule has 0 aliphatic heterocycles. The molecule has 0 saturated carbocycles. The summed E-state index contributed by atoms with van der Waals surface area (Å²) in [6.07, 6.45) is -1.64.